The second-order valence-electron chi connectivity index (χ2n) is 6.33. The predicted octanol–water partition coefficient (Wildman–Crippen LogP) is -0.00441. The molecule has 0 aromatic rings. The number of hydrogen-bond acceptors (Lipinski definition) is 4. The van der Waals surface area contributed by atoms with Crippen LogP contribution in [0.25, 0.3) is 0 Å². The first-order chi connectivity index (χ1) is 11.5. The molecule has 0 spiro atoms. The van der Waals surface area contributed by atoms with E-state index in [1.807, 2.05) is 0 Å². The van der Waals surface area contributed by atoms with Crippen LogP contribution in [0.2, 0.25) is 0 Å². The van der Waals surface area contributed by atoms with Gasteiger partial charge in [-0.1, -0.05) is 64.7 Å². The molecule has 0 amide bonds. The van der Waals surface area contributed by atoms with E-state index in [0.29, 0.717) is 0 Å². The van der Waals surface area contributed by atoms with E-state index < -0.39 is 24.0 Å². The largest absolute Gasteiger partial charge is 1.00 e. The van der Waals surface area contributed by atoms with E-state index in [0.717, 1.165) is 19.4 Å². The minimum absolute atomic E-state index is 0. The number of rotatable bonds is 17. The average molecular weight is 367 g/mol. The molecule has 0 bridgehead atoms. The van der Waals surface area contributed by atoms with Crippen molar-refractivity contribution < 1.29 is 54.5 Å². The number of carbonyl (C=O) groups is 2. The summed E-state index contributed by atoms with van der Waals surface area (Å²) >= 11 is 0. The standard InChI is InChI=1S/C18H34NO5.Na/c1-2-3-4-5-6-7-8-9-10-11-12-19-14-15(20)13-16(17(21)22)18(23)24;/h15,19-20H,2-14H2,1H3,(H,21,22)(H,23,24);/q-1;+1. The predicted molar refractivity (Wildman–Crippen MR) is 93.9 cm³/mol. The van der Waals surface area contributed by atoms with Crippen LogP contribution in [0.1, 0.15) is 77.6 Å². The summed E-state index contributed by atoms with van der Waals surface area (Å²) in [6, 6.07) is 0. The first-order valence-corrected chi connectivity index (χ1v) is 9.20. The van der Waals surface area contributed by atoms with Crippen LogP contribution >= 0.6 is 0 Å². The summed E-state index contributed by atoms with van der Waals surface area (Å²) in [5.41, 5.74) is 0. The molecule has 0 saturated carbocycles. The van der Waals surface area contributed by atoms with Crippen molar-refractivity contribution in [3.8, 4) is 0 Å². The summed E-state index contributed by atoms with van der Waals surface area (Å²) < 4.78 is 0. The van der Waals surface area contributed by atoms with E-state index in [1.54, 1.807) is 0 Å². The maximum absolute atomic E-state index is 10.7. The molecule has 0 radical (unpaired) electrons. The van der Waals surface area contributed by atoms with Crippen molar-refractivity contribution >= 4 is 11.9 Å². The van der Waals surface area contributed by atoms with Crippen LogP contribution in [-0.4, -0.2) is 46.5 Å². The molecule has 0 saturated heterocycles. The maximum atomic E-state index is 10.7. The molecule has 0 aromatic carbocycles. The molecule has 0 rings (SSSR count). The summed E-state index contributed by atoms with van der Waals surface area (Å²) in [7, 11) is 0. The van der Waals surface area contributed by atoms with Gasteiger partial charge in [-0.3, -0.25) is 9.59 Å². The zero-order valence-corrected chi connectivity index (χ0v) is 17.9. The number of carboxylic acids is 2. The van der Waals surface area contributed by atoms with Gasteiger partial charge in [0, 0.05) is 12.6 Å². The topological polar surface area (TPSA) is 107 Å². The van der Waals surface area contributed by atoms with Crippen molar-refractivity contribution in [3.05, 3.63) is 5.92 Å². The Morgan fingerprint density at radius 2 is 1.32 bits per heavy atom. The Labute approximate surface area is 174 Å². The molecule has 0 aliphatic carbocycles. The van der Waals surface area contributed by atoms with Gasteiger partial charge in [-0.15, -0.1) is 6.42 Å². The number of unbranched alkanes of at least 4 members (excludes halogenated alkanes) is 9. The van der Waals surface area contributed by atoms with Crippen LogP contribution in [0, 0.1) is 5.92 Å². The van der Waals surface area contributed by atoms with Gasteiger partial charge < -0.3 is 20.6 Å². The molecule has 6 nitrogen and oxygen atoms in total. The Kier molecular flexibility index (Phi) is 20.0. The van der Waals surface area contributed by atoms with Gasteiger partial charge in [-0.2, -0.15) is 5.92 Å². The Morgan fingerprint density at radius 1 is 0.880 bits per heavy atom. The second kappa shape index (κ2) is 18.5. The van der Waals surface area contributed by atoms with Gasteiger partial charge in [0.05, 0.1) is 0 Å². The fraction of sp³-hybridized carbons (Fsp3) is 0.833. The van der Waals surface area contributed by atoms with Crippen LogP contribution in [0.5, 0.6) is 0 Å². The van der Waals surface area contributed by atoms with Crippen LogP contribution < -0.4 is 34.9 Å². The van der Waals surface area contributed by atoms with Gasteiger partial charge in [0.25, 0.3) is 0 Å². The van der Waals surface area contributed by atoms with Gasteiger partial charge >= 0.3 is 29.6 Å². The minimum Gasteiger partial charge on any atom is -0.503 e. The quantitative estimate of drug-likeness (QED) is 0.125. The Morgan fingerprint density at radius 3 is 1.76 bits per heavy atom. The molecule has 0 aliphatic rings. The number of aliphatic hydroxyl groups is 1. The van der Waals surface area contributed by atoms with Crippen molar-refractivity contribution in [1.29, 1.82) is 0 Å². The number of carboxylic acid groups (broad SMARTS) is 2. The molecule has 0 fully saturated rings. The van der Waals surface area contributed by atoms with Crippen molar-refractivity contribution in [2.75, 3.05) is 13.1 Å². The third kappa shape index (κ3) is 16.9. The van der Waals surface area contributed by atoms with Crippen LogP contribution in [0.3, 0.4) is 0 Å². The van der Waals surface area contributed by atoms with Crippen molar-refractivity contribution in [2.24, 2.45) is 0 Å². The van der Waals surface area contributed by atoms with Gasteiger partial charge in [0.15, 0.2) is 11.9 Å². The number of aliphatic hydroxyl groups excluding tert-OH is 1. The monoisotopic (exact) mass is 367 g/mol. The van der Waals surface area contributed by atoms with E-state index in [4.69, 9.17) is 10.2 Å². The summed E-state index contributed by atoms with van der Waals surface area (Å²) in [5, 5.41) is 30.1. The van der Waals surface area contributed by atoms with Crippen LogP contribution in [0.15, 0.2) is 0 Å². The molecule has 4 N–H and O–H groups in total. The first-order valence-electron chi connectivity index (χ1n) is 9.20. The summed E-state index contributed by atoms with van der Waals surface area (Å²) in [4.78, 5) is 21.4. The molecular formula is C18H34NNaO5. The van der Waals surface area contributed by atoms with Gasteiger partial charge in [-0.05, 0) is 13.0 Å². The van der Waals surface area contributed by atoms with Crippen molar-refractivity contribution in [3.63, 3.8) is 0 Å². The molecule has 25 heavy (non-hydrogen) atoms. The average Bonchev–Trinajstić information content (AvgIpc) is 2.53. The Balaban J connectivity index is 0. The number of aliphatic carboxylic acids is 2. The van der Waals surface area contributed by atoms with Crippen molar-refractivity contribution in [1.82, 2.24) is 5.32 Å². The summed E-state index contributed by atoms with van der Waals surface area (Å²) in [5.74, 6) is -3.66. The molecular weight excluding hydrogens is 333 g/mol. The maximum Gasteiger partial charge on any atom is 1.00 e. The SMILES string of the molecule is CCCCCCCCCCCCNCC(O)C[C-](C(=O)O)C(=O)O.[Na+]. The van der Waals surface area contributed by atoms with Gasteiger partial charge in [0.1, 0.15) is 0 Å². The first kappa shape index (κ1) is 27.0. The van der Waals surface area contributed by atoms with Gasteiger partial charge in [0.2, 0.25) is 0 Å². The smallest absolute Gasteiger partial charge is 0.503 e. The number of hydrogen-bond donors (Lipinski definition) is 4. The van der Waals surface area contributed by atoms with Gasteiger partial charge in [-0.25, -0.2) is 0 Å². The fourth-order valence-electron chi connectivity index (χ4n) is 2.58. The molecule has 0 aliphatic heterocycles. The number of nitrogens with one attached hydrogen (secondary N) is 1. The van der Waals surface area contributed by atoms with E-state index in [-0.39, 0.29) is 42.5 Å². The van der Waals surface area contributed by atoms with Crippen molar-refractivity contribution in [2.45, 2.75) is 83.7 Å². The zero-order chi connectivity index (χ0) is 18.2. The van der Waals surface area contributed by atoms with E-state index >= 15 is 0 Å². The fourth-order valence-corrected chi connectivity index (χ4v) is 2.58. The molecule has 1 unspecified atom stereocenters. The van der Waals surface area contributed by atoms with E-state index in [2.05, 4.69) is 12.2 Å². The van der Waals surface area contributed by atoms with E-state index in [1.165, 1.54) is 51.4 Å². The second-order valence-corrected chi connectivity index (χ2v) is 6.33. The molecule has 0 heterocycles. The Hall–Kier alpha value is -0.270. The summed E-state index contributed by atoms with van der Waals surface area (Å²) in [6.45, 7) is 3.19. The Bertz CT molecular complexity index is 327. The molecule has 7 heteroatoms. The normalized spacial score (nSPS) is 11.6. The van der Waals surface area contributed by atoms with Crippen LogP contribution in [-0.2, 0) is 9.59 Å². The third-order valence-corrected chi connectivity index (χ3v) is 4.04. The molecule has 142 valence electrons. The zero-order valence-electron chi connectivity index (χ0n) is 15.9. The summed E-state index contributed by atoms with van der Waals surface area (Å²) in [6.07, 6.45) is 11.3. The van der Waals surface area contributed by atoms with E-state index in [9.17, 15) is 14.7 Å². The minimum atomic E-state index is -1.49. The molecule has 0 aromatic heterocycles. The third-order valence-electron chi connectivity index (χ3n) is 4.04. The molecule has 1 atom stereocenters. The van der Waals surface area contributed by atoms with Crippen LogP contribution in [0.4, 0.5) is 0 Å².